The zero-order chi connectivity index (χ0) is 26.7. The number of sulfonamides is 1. The molecule has 5 rings (SSSR count). The first kappa shape index (κ1) is 26.0. The second kappa shape index (κ2) is 11.0. The summed E-state index contributed by atoms with van der Waals surface area (Å²) in [5.41, 5.74) is 2.39. The maximum absolute atomic E-state index is 13.6. The van der Waals surface area contributed by atoms with Crippen LogP contribution in [0.2, 0.25) is 0 Å². The molecule has 38 heavy (non-hydrogen) atoms. The molecule has 1 atom stereocenters. The van der Waals surface area contributed by atoms with Crippen molar-refractivity contribution in [2.75, 3.05) is 23.3 Å². The van der Waals surface area contributed by atoms with Crippen LogP contribution in [0.4, 0.5) is 10.8 Å². The van der Waals surface area contributed by atoms with E-state index < -0.39 is 22.0 Å². The molecule has 0 aliphatic carbocycles. The summed E-state index contributed by atoms with van der Waals surface area (Å²) in [6.07, 6.45) is -1.10. The van der Waals surface area contributed by atoms with E-state index in [0.29, 0.717) is 26.7 Å². The van der Waals surface area contributed by atoms with Gasteiger partial charge in [0.05, 0.1) is 24.2 Å². The smallest absolute Gasteiger partial charge is 0.269 e. The van der Waals surface area contributed by atoms with Gasteiger partial charge < -0.3 is 9.47 Å². The van der Waals surface area contributed by atoms with Gasteiger partial charge in [-0.15, -0.1) is 10.2 Å². The third-order valence-electron chi connectivity index (χ3n) is 5.77. The first-order chi connectivity index (χ1) is 18.3. The van der Waals surface area contributed by atoms with E-state index in [0.717, 1.165) is 16.9 Å². The average molecular weight is 569 g/mol. The fraction of sp³-hybridized carbons (Fsp3) is 0.192. The van der Waals surface area contributed by atoms with Gasteiger partial charge in [-0.2, -0.15) is 0 Å². The van der Waals surface area contributed by atoms with Crippen LogP contribution < -0.4 is 19.1 Å². The number of thioether (sulfide) groups is 1. The normalized spacial score (nSPS) is 14.9. The van der Waals surface area contributed by atoms with Crippen molar-refractivity contribution in [2.24, 2.45) is 0 Å². The molecule has 1 N–H and O–H groups in total. The maximum Gasteiger partial charge on any atom is 0.269 e. The summed E-state index contributed by atoms with van der Waals surface area (Å²) in [6, 6.07) is 21.3. The molecule has 0 bridgehead atoms. The van der Waals surface area contributed by atoms with Crippen LogP contribution in [0.25, 0.3) is 0 Å². The van der Waals surface area contributed by atoms with E-state index >= 15 is 0 Å². The molecule has 1 amide bonds. The summed E-state index contributed by atoms with van der Waals surface area (Å²) in [4.78, 5) is 13.3. The van der Waals surface area contributed by atoms with Crippen LogP contribution in [-0.2, 0) is 20.6 Å². The Morgan fingerprint density at radius 3 is 2.63 bits per heavy atom. The molecular weight excluding hydrogens is 545 g/mol. The number of aryl methyl sites for hydroxylation is 1. The molecule has 0 saturated heterocycles. The molecule has 0 fully saturated rings. The fourth-order valence-electron chi connectivity index (χ4n) is 3.82. The second-order valence-corrected chi connectivity index (χ2v) is 12.5. The molecule has 196 valence electrons. The number of amides is 1. The van der Waals surface area contributed by atoms with E-state index in [1.165, 1.54) is 46.6 Å². The van der Waals surface area contributed by atoms with E-state index in [-0.39, 0.29) is 11.4 Å². The SMILES string of the molecule is COc1ccc(S(=O)(=O)N2CC(C(=O)Nc3nnc(SCc4ccccc4)s3)Oc3cc(C)ccc32)cc1. The highest BCUT2D eigenvalue weighted by Gasteiger charge is 2.38. The fourth-order valence-corrected chi connectivity index (χ4v) is 7.01. The van der Waals surface area contributed by atoms with Crippen molar-refractivity contribution < 1.29 is 22.7 Å². The lowest BCUT2D eigenvalue weighted by Crippen LogP contribution is -2.48. The number of methoxy groups -OCH3 is 1. The Morgan fingerprint density at radius 2 is 1.89 bits per heavy atom. The minimum absolute atomic E-state index is 0.0788. The molecule has 4 aromatic rings. The quantitative estimate of drug-likeness (QED) is 0.240. The van der Waals surface area contributed by atoms with Crippen LogP contribution in [-0.4, -0.2) is 44.3 Å². The third kappa shape index (κ3) is 5.62. The Balaban J connectivity index is 1.34. The van der Waals surface area contributed by atoms with Crippen molar-refractivity contribution in [3.63, 3.8) is 0 Å². The molecule has 0 radical (unpaired) electrons. The molecule has 9 nitrogen and oxygen atoms in total. The second-order valence-electron chi connectivity index (χ2n) is 8.43. The standard InChI is InChI=1S/C26H24N4O5S3/c1-17-8-13-21-22(14-17)35-23(15-30(21)38(32,33)20-11-9-19(34-2)10-12-20)24(31)27-25-28-29-26(37-25)36-16-18-6-4-3-5-7-18/h3-14,23H,15-16H2,1-2H3,(H,27,28,31). The van der Waals surface area contributed by atoms with Gasteiger partial charge in [0.2, 0.25) is 5.13 Å². The van der Waals surface area contributed by atoms with Crippen LogP contribution in [0.15, 0.2) is 82.0 Å². The Labute approximate surface area is 228 Å². The van der Waals surface area contributed by atoms with Crippen LogP contribution in [0.5, 0.6) is 11.5 Å². The summed E-state index contributed by atoms with van der Waals surface area (Å²) in [5.74, 6) is 1.06. The number of hydrogen-bond donors (Lipinski definition) is 1. The number of nitrogens with zero attached hydrogens (tertiary/aromatic N) is 3. The van der Waals surface area contributed by atoms with E-state index in [4.69, 9.17) is 9.47 Å². The first-order valence-electron chi connectivity index (χ1n) is 11.6. The largest absolute Gasteiger partial charge is 0.497 e. The molecule has 1 aliphatic rings. The van der Waals surface area contributed by atoms with Crippen LogP contribution in [0.3, 0.4) is 0 Å². The number of aromatic nitrogens is 2. The minimum atomic E-state index is -3.99. The van der Waals surface area contributed by atoms with Crippen molar-refractivity contribution in [1.82, 2.24) is 10.2 Å². The summed E-state index contributed by atoms with van der Waals surface area (Å²) in [6.45, 7) is 1.66. The zero-order valence-electron chi connectivity index (χ0n) is 20.5. The third-order valence-corrected chi connectivity index (χ3v) is 9.60. The topological polar surface area (TPSA) is 111 Å². The number of hydrogen-bond acceptors (Lipinski definition) is 9. The van der Waals surface area contributed by atoms with Crippen molar-refractivity contribution >= 4 is 49.8 Å². The number of fused-ring (bicyclic) bond motifs is 1. The summed E-state index contributed by atoms with van der Waals surface area (Å²) in [5, 5.41) is 11.3. The van der Waals surface area contributed by atoms with Gasteiger partial charge in [-0.3, -0.25) is 14.4 Å². The molecule has 0 spiro atoms. The molecule has 1 unspecified atom stereocenters. The Hall–Kier alpha value is -3.61. The highest BCUT2D eigenvalue weighted by atomic mass is 32.2. The molecule has 1 aromatic heterocycles. The molecular formula is C26H24N4O5S3. The lowest BCUT2D eigenvalue weighted by molar-refractivity contribution is -0.122. The zero-order valence-corrected chi connectivity index (χ0v) is 23.0. The van der Waals surface area contributed by atoms with Crippen LogP contribution >= 0.6 is 23.1 Å². The number of nitrogens with one attached hydrogen (secondary N) is 1. The number of carbonyl (C=O) groups excluding carboxylic acids is 1. The van der Waals surface area contributed by atoms with Crippen molar-refractivity contribution in [2.45, 2.75) is 28.0 Å². The molecule has 0 saturated carbocycles. The summed E-state index contributed by atoms with van der Waals surface area (Å²) < 4.78 is 40.3. The number of rotatable bonds is 8. The van der Waals surface area contributed by atoms with Gasteiger partial charge in [-0.05, 0) is 54.4 Å². The number of carbonyl (C=O) groups is 1. The van der Waals surface area contributed by atoms with Gasteiger partial charge in [0.15, 0.2) is 10.4 Å². The van der Waals surface area contributed by atoms with E-state index in [1.807, 2.05) is 37.3 Å². The monoisotopic (exact) mass is 568 g/mol. The lowest BCUT2D eigenvalue weighted by Gasteiger charge is -2.34. The Morgan fingerprint density at radius 1 is 1.13 bits per heavy atom. The van der Waals surface area contributed by atoms with Gasteiger partial charge >= 0.3 is 0 Å². The summed E-state index contributed by atoms with van der Waals surface area (Å²) >= 11 is 2.77. The lowest BCUT2D eigenvalue weighted by atomic mass is 10.1. The van der Waals surface area contributed by atoms with Gasteiger partial charge in [0.1, 0.15) is 11.5 Å². The average Bonchev–Trinajstić information content (AvgIpc) is 3.38. The van der Waals surface area contributed by atoms with Crippen molar-refractivity contribution in [3.05, 3.63) is 83.9 Å². The maximum atomic E-state index is 13.6. The van der Waals surface area contributed by atoms with Crippen LogP contribution in [0, 0.1) is 6.92 Å². The number of ether oxygens (including phenoxy) is 2. The molecule has 12 heteroatoms. The predicted molar refractivity (Wildman–Crippen MR) is 148 cm³/mol. The first-order valence-corrected chi connectivity index (χ1v) is 14.8. The van der Waals surface area contributed by atoms with Crippen LogP contribution in [0.1, 0.15) is 11.1 Å². The minimum Gasteiger partial charge on any atom is -0.497 e. The van der Waals surface area contributed by atoms with Gasteiger partial charge in [0, 0.05) is 5.75 Å². The van der Waals surface area contributed by atoms with Crippen molar-refractivity contribution in [1.29, 1.82) is 0 Å². The van der Waals surface area contributed by atoms with E-state index in [1.54, 1.807) is 30.3 Å². The molecule has 3 aromatic carbocycles. The van der Waals surface area contributed by atoms with Gasteiger partial charge in [-0.25, -0.2) is 8.42 Å². The Kier molecular flexibility index (Phi) is 7.54. The Bertz CT molecular complexity index is 1540. The highest BCUT2D eigenvalue weighted by Crippen LogP contribution is 2.38. The highest BCUT2D eigenvalue weighted by molar-refractivity contribution is 8.00. The summed E-state index contributed by atoms with van der Waals surface area (Å²) in [7, 11) is -2.48. The van der Waals surface area contributed by atoms with Gasteiger partial charge in [-0.1, -0.05) is 59.5 Å². The van der Waals surface area contributed by atoms with Crippen molar-refractivity contribution in [3.8, 4) is 11.5 Å². The van der Waals surface area contributed by atoms with E-state index in [9.17, 15) is 13.2 Å². The number of anilines is 2. The van der Waals surface area contributed by atoms with E-state index in [2.05, 4.69) is 15.5 Å². The molecule has 1 aliphatic heterocycles. The molecule has 2 heterocycles. The number of benzene rings is 3. The predicted octanol–water partition coefficient (Wildman–Crippen LogP) is 4.74. The van der Waals surface area contributed by atoms with Gasteiger partial charge in [0.25, 0.3) is 15.9 Å².